The molecule has 1 heterocycles. The molecule has 0 aliphatic carbocycles. The second kappa shape index (κ2) is 6.12. The lowest BCUT2D eigenvalue weighted by atomic mass is 10.1. The quantitative estimate of drug-likeness (QED) is 0.845. The lowest BCUT2D eigenvalue weighted by Crippen LogP contribution is -2.31. The second-order valence-electron chi connectivity index (χ2n) is 5.91. The summed E-state index contributed by atoms with van der Waals surface area (Å²) in [7, 11) is 4.27. The minimum absolute atomic E-state index is 0.994. The Balaban J connectivity index is 2.00. The first-order valence-electron chi connectivity index (χ1n) is 7.39. The number of fused-ring (bicyclic) bond motifs is 2. The van der Waals surface area contributed by atoms with E-state index in [0.717, 1.165) is 19.6 Å². The molecule has 2 aromatic rings. The maximum atomic E-state index is 2.52. The van der Waals surface area contributed by atoms with E-state index in [2.05, 4.69) is 73.3 Å². The van der Waals surface area contributed by atoms with Gasteiger partial charge in [-0.15, -0.1) is 0 Å². The molecule has 1 aliphatic heterocycles. The van der Waals surface area contributed by atoms with E-state index in [0.29, 0.717) is 0 Å². The number of anilines is 1. The number of rotatable bonds is 3. The highest BCUT2D eigenvalue weighted by atomic mass is 32.2. The molecular formula is C18H22N2S. The largest absolute Gasteiger partial charge is 0.365 e. The Kier molecular flexibility index (Phi) is 4.22. The van der Waals surface area contributed by atoms with Crippen LogP contribution in [-0.2, 0) is 6.54 Å². The fraction of sp³-hybridized carbons (Fsp3) is 0.333. The van der Waals surface area contributed by atoms with Gasteiger partial charge < -0.3 is 9.80 Å². The van der Waals surface area contributed by atoms with Crippen molar-refractivity contribution in [3.63, 3.8) is 0 Å². The Hall–Kier alpha value is -1.45. The van der Waals surface area contributed by atoms with Crippen molar-refractivity contribution in [2.75, 3.05) is 32.1 Å². The van der Waals surface area contributed by atoms with Crippen molar-refractivity contribution in [1.82, 2.24) is 4.90 Å². The summed E-state index contributed by atoms with van der Waals surface area (Å²) >= 11 is 1.89. The van der Waals surface area contributed by atoms with E-state index in [-0.39, 0.29) is 0 Å². The van der Waals surface area contributed by atoms with Crippen LogP contribution in [0.5, 0.6) is 0 Å². The molecule has 110 valence electrons. The maximum absolute atomic E-state index is 2.52. The van der Waals surface area contributed by atoms with Gasteiger partial charge in [-0.1, -0.05) is 36.0 Å². The summed E-state index contributed by atoms with van der Waals surface area (Å²) in [4.78, 5) is 7.51. The van der Waals surface area contributed by atoms with Crippen molar-refractivity contribution in [3.05, 3.63) is 53.6 Å². The number of benzene rings is 2. The highest BCUT2D eigenvalue weighted by Crippen LogP contribution is 2.41. The Bertz CT molecular complexity index is 637. The highest BCUT2D eigenvalue weighted by molar-refractivity contribution is 7.99. The second-order valence-corrected chi connectivity index (χ2v) is 6.99. The smallest absolute Gasteiger partial charge is 0.0514 e. The third-order valence-corrected chi connectivity index (χ3v) is 5.01. The van der Waals surface area contributed by atoms with Gasteiger partial charge in [0.2, 0.25) is 0 Å². The van der Waals surface area contributed by atoms with Crippen LogP contribution in [-0.4, -0.2) is 32.1 Å². The Morgan fingerprint density at radius 1 is 1.10 bits per heavy atom. The van der Waals surface area contributed by atoms with E-state index in [1.165, 1.54) is 26.6 Å². The fourth-order valence-corrected chi connectivity index (χ4v) is 3.70. The minimum Gasteiger partial charge on any atom is -0.365 e. The van der Waals surface area contributed by atoms with Crippen LogP contribution in [0, 0.1) is 6.92 Å². The first-order valence-corrected chi connectivity index (χ1v) is 8.21. The van der Waals surface area contributed by atoms with Crippen LogP contribution in [0.2, 0.25) is 0 Å². The van der Waals surface area contributed by atoms with Crippen LogP contribution in [0.4, 0.5) is 5.69 Å². The summed E-state index contributed by atoms with van der Waals surface area (Å²) in [5, 5.41) is 0. The van der Waals surface area contributed by atoms with Crippen LogP contribution >= 0.6 is 11.8 Å². The molecule has 3 rings (SSSR count). The summed E-state index contributed by atoms with van der Waals surface area (Å²) in [5.74, 6) is 0. The van der Waals surface area contributed by atoms with E-state index in [4.69, 9.17) is 0 Å². The van der Waals surface area contributed by atoms with Crippen LogP contribution in [0.1, 0.15) is 11.1 Å². The number of nitrogens with zero attached hydrogens (tertiary/aromatic N) is 2. The molecule has 21 heavy (non-hydrogen) atoms. The predicted octanol–water partition coefficient (Wildman–Crippen LogP) is 4.03. The van der Waals surface area contributed by atoms with Crippen LogP contribution < -0.4 is 4.90 Å². The molecule has 0 spiro atoms. The van der Waals surface area contributed by atoms with Crippen LogP contribution in [0.25, 0.3) is 0 Å². The molecule has 0 bridgehead atoms. The molecule has 0 N–H and O–H groups in total. The predicted molar refractivity (Wildman–Crippen MR) is 91.3 cm³/mol. The molecule has 2 aromatic carbocycles. The van der Waals surface area contributed by atoms with Crippen LogP contribution in [0.15, 0.2) is 52.3 Å². The monoisotopic (exact) mass is 298 g/mol. The van der Waals surface area contributed by atoms with Gasteiger partial charge >= 0.3 is 0 Å². The van der Waals surface area contributed by atoms with Gasteiger partial charge in [0.25, 0.3) is 0 Å². The molecule has 0 unspecified atom stereocenters. The summed E-state index contributed by atoms with van der Waals surface area (Å²) in [6, 6.07) is 15.6. The molecule has 1 aliphatic rings. The van der Waals surface area contributed by atoms with E-state index in [1.54, 1.807) is 0 Å². The van der Waals surface area contributed by atoms with Crippen molar-refractivity contribution in [2.24, 2.45) is 0 Å². The SMILES string of the molecule is Cc1ccc2c(c1)N(CCN(C)C)Cc1ccccc1S2. The van der Waals surface area contributed by atoms with Gasteiger partial charge in [0.1, 0.15) is 0 Å². The molecule has 0 saturated carbocycles. The Morgan fingerprint density at radius 2 is 1.90 bits per heavy atom. The molecule has 3 heteroatoms. The fourth-order valence-electron chi connectivity index (χ4n) is 2.62. The molecule has 0 amide bonds. The molecule has 0 saturated heterocycles. The zero-order valence-corrected chi connectivity index (χ0v) is 13.8. The molecule has 0 aromatic heterocycles. The first kappa shape index (κ1) is 14.5. The summed E-state index contributed by atoms with van der Waals surface area (Å²) < 4.78 is 0. The minimum atomic E-state index is 0.994. The molecular weight excluding hydrogens is 276 g/mol. The van der Waals surface area contributed by atoms with E-state index >= 15 is 0 Å². The van der Waals surface area contributed by atoms with E-state index in [9.17, 15) is 0 Å². The average Bonchev–Trinajstić information content (AvgIpc) is 2.61. The number of hydrogen-bond acceptors (Lipinski definition) is 3. The summed E-state index contributed by atoms with van der Waals surface area (Å²) in [6.07, 6.45) is 0. The van der Waals surface area contributed by atoms with E-state index in [1.807, 2.05) is 11.8 Å². The highest BCUT2D eigenvalue weighted by Gasteiger charge is 2.19. The topological polar surface area (TPSA) is 6.48 Å². The Morgan fingerprint density at radius 3 is 2.71 bits per heavy atom. The first-order chi connectivity index (χ1) is 10.1. The maximum Gasteiger partial charge on any atom is 0.0514 e. The van der Waals surface area contributed by atoms with Gasteiger partial charge in [0.15, 0.2) is 0 Å². The third kappa shape index (κ3) is 3.25. The number of likely N-dealkylation sites (N-methyl/N-ethyl adjacent to an activating group) is 1. The van der Waals surface area contributed by atoms with Crippen molar-refractivity contribution in [2.45, 2.75) is 23.3 Å². The standard InChI is InChI=1S/C18H22N2S/c1-14-8-9-18-16(12-14)20(11-10-19(2)3)13-15-6-4-5-7-17(15)21-18/h4-9,12H,10-11,13H2,1-3H3. The number of aryl methyl sites for hydroxylation is 1. The average molecular weight is 298 g/mol. The molecule has 0 fully saturated rings. The van der Waals surface area contributed by atoms with Gasteiger partial charge in [-0.25, -0.2) is 0 Å². The van der Waals surface area contributed by atoms with Crippen molar-refractivity contribution < 1.29 is 0 Å². The molecule has 0 atom stereocenters. The summed E-state index contributed by atoms with van der Waals surface area (Å²) in [6.45, 7) is 5.29. The Labute approximate surface area is 131 Å². The molecule has 2 nitrogen and oxygen atoms in total. The zero-order valence-electron chi connectivity index (χ0n) is 13.0. The van der Waals surface area contributed by atoms with Crippen molar-refractivity contribution in [1.29, 1.82) is 0 Å². The normalized spacial score (nSPS) is 13.8. The lowest BCUT2D eigenvalue weighted by molar-refractivity contribution is 0.412. The van der Waals surface area contributed by atoms with Gasteiger partial charge in [0, 0.05) is 29.4 Å². The molecule has 0 radical (unpaired) electrons. The van der Waals surface area contributed by atoms with Gasteiger partial charge in [-0.2, -0.15) is 0 Å². The van der Waals surface area contributed by atoms with Gasteiger partial charge in [-0.05, 0) is 50.3 Å². The zero-order chi connectivity index (χ0) is 14.8. The van der Waals surface area contributed by atoms with Crippen LogP contribution in [0.3, 0.4) is 0 Å². The van der Waals surface area contributed by atoms with Crippen molar-refractivity contribution in [3.8, 4) is 0 Å². The lowest BCUT2D eigenvalue weighted by Gasteiger charge is -2.26. The summed E-state index contributed by atoms with van der Waals surface area (Å²) in [5.41, 5.74) is 4.13. The van der Waals surface area contributed by atoms with E-state index < -0.39 is 0 Å². The number of hydrogen-bond donors (Lipinski definition) is 0. The third-order valence-electron chi connectivity index (χ3n) is 3.83. The van der Waals surface area contributed by atoms with Crippen molar-refractivity contribution >= 4 is 17.4 Å². The van der Waals surface area contributed by atoms with Gasteiger partial charge in [0.05, 0.1) is 5.69 Å². The van der Waals surface area contributed by atoms with Gasteiger partial charge in [-0.3, -0.25) is 0 Å².